The molecule has 0 aliphatic carbocycles. The summed E-state index contributed by atoms with van der Waals surface area (Å²) in [6.45, 7) is 3.93. The molecular formula is C9H18N2O2. The number of carboxylic acids is 1. The van der Waals surface area contributed by atoms with Gasteiger partial charge >= 0.3 is 5.97 Å². The third kappa shape index (κ3) is 2.42. The average Bonchev–Trinajstić information content (AvgIpc) is 2.16. The maximum Gasteiger partial charge on any atom is 0.322 e. The van der Waals surface area contributed by atoms with Gasteiger partial charge in [0.1, 0.15) is 6.04 Å². The lowest BCUT2D eigenvalue weighted by Gasteiger charge is -2.36. The molecule has 1 fully saturated rings. The molecule has 1 aliphatic heterocycles. The number of carbonyl (C=O) groups is 1. The smallest absolute Gasteiger partial charge is 0.322 e. The fourth-order valence-electron chi connectivity index (χ4n) is 1.98. The summed E-state index contributed by atoms with van der Waals surface area (Å²) in [5, 5.41) is 8.80. The van der Waals surface area contributed by atoms with E-state index in [0.717, 1.165) is 32.4 Å². The van der Waals surface area contributed by atoms with Crippen LogP contribution in [0.4, 0.5) is 0 Å². The van der Waals surface area contributed by atoms with E-state index in [4.69, 9.17) is 10.8 Å². The Kier molecular flexibility index (Phi) is 3.69. The summed E-state index contributed by atoms with van der Waals surface area (Å²) < 4.78 is 0. The Morgan fingerprint density at radius 2 is 2.38 bits per heavy atom. The Labute approximate surface area is 78.7 Å². The topological polar surface area (TPSA) is 66.6 Å². The van der Waals surface area contributed by atoms with Gasteiger partial charge in [0.15, 0.2) is 0 Å². The Morgan fingerprint density at radius 1 is 1.69 bits per heavy atom. The predicted octanol–water partition coefficient (Wildman–Crippen LogP) is 0.273. The maximum absolute atomic E-state index is 10.7. The first-order valence-corrected chi connectivity index (χ1v) is 4.89. The van der Waals surface area contributed by atoms with Gasteiger partial charge in [-0.3, -0.25) is 9.69 Å². The number of likely N-dealkylation sites (tertiary alicyclic amines) is 1. The number of piperidine rings is 1. The summed E-state index contributed by atoms with van der Waals surface area (Å²) in [5.74, 6) is -0.884. The second-order valence-corrected chi connectivity index (χ2v) is 3.56. The molecule has 0 saturated carbocycles. The van der Waals surface area contributed by atoms with Crippen molar-refractivity contribution in [3.63, 3.8) is 0 Å². The van der Waals surface area contributed by atoms with E-state index < -0.39 is 12.0 Å². The molecule has 0 aromatic heterocycles. The van der Waals surface area contributed by atoms with Crippen molar-refractivity contribution >= 4 is 5.97 Å². The molecule has 1 heterocycles. The van der Waals surface area contributed by atoms with Gasteiger partial charge in [-0.1, -0.05) is 13.3 Å². The third-order valence-electron chi connectivity index (χ3n) is 2.77. The van der Waals surface area contributed by atoms with Crippen LogP contribution in [0.1, 0.15) is 26.2 Å². The highest BCUT2D eigenvalue weighted by atomic mass is 16.4. The summed E-state index contributed by atoms with van der Waals surface area (Å²) in [6, 6.07) is -0.684. The second-order valence-electron chi connectivity index (χ2n) is 3.56. The summed E-state index contributed by atoms with van der Waals surface area (Å²) in [4.78, 5) is 12.9. The van der Waals surface area contributed by atoms with Crippen LogP contribution in [0.2, 0.25) is 0 Å². The minimum atomic E-state index is -0.884. The van der Waals surface area contributed by atoms with Crippen LogP contribution in [-0.4, -0.2) is 41.1 Å². The lowest BCUT2D eigenvalue weighted by molar-refractivity contribution is -0.140. The van der Waals surface area contributed by atoms with Crippen LogP contribution in [0.15, 0.2) is 0 Å². The molecule has 0 amide bonds. The van der Waals surface area contributed by atoms with Gasteiger partial charge in [0.05, 0.1) is 0 Å². The molecule has 0 aromatic rings. The molecule has 1 saturated heterocycles. The number of hydrogen-bond acceptors (Lipinski definition) is 3. The molecule has 13 heavy (non-hydrogen) atoms. The first-order chi connectivity index (χ1) is 6.16. The standard InChI is InChI=1S/C9H18N2O2/c1-2-11-6-4-3-5-7(11)8(10)9(12)13/h7-8H,2-6,10H2,1H3,(H,12,13). The summed E-state index contributed by atoms with van der Waals surface area (Å²) in [7, 11) is 0. The number of likely N-dealkylation sites (N-methyl/N-ethyl adjacent to an activating group) is 1. The van der Waals surface area contributed by atoms with E-state index in [1.165, 1.54) is 0 Å². The van der Waals surface area contributed by atoms with Crippen molar-refractivity contribution in [2.45, 2.75) is 38.3 Å². The lowest BCUT2D eigenvalue weighted by Crippen LogP contribution is -2.53. The molecule has 0 radical (unpaired) electrons. The SMILES string of the molecule is CCN1CCCCC1C(N)C(=O)O. The van der Waals surface area contributed by atoms with Crippen LogP contribution in [0, 0.1) is 0 Å². The van der Waals surface area contributed by atoms with Crippen molar-refractivity contribution in [3.05, 3.63) is 0 Å². The van der Waals surface area contributed by atoms with Gasteiger partial charge in [0.25, 0.3) is 0 Å². The molecule has 2 unspecified atom stereocenters. The van der Waals surface area contributed by atoms with Gasteiger partial charge in [0.2, 0.25) is 0 Å². The van der Waals surface area contributed by atoms with Crippen molar-refractivity contribution in [2.75, 3.05) is 13.1 Å². The first-order valence-electron chi connectivity index (χ1n) is 4.89. The highest BCUT2D eigenvalue weighted by molar-refractivity contribution is 5.74. The molecule has 1 aliphatic rings. The minimum Gasteiger partial charge on any atom is -0.480 e. The van der Waals surface area contributed by atoms with Gasteiger partial charge in [-0.25, -0.2) is 0 Å². The molecule has 4 nitrogen and oxygen atoms in total. The fraction of sp³-hybridized carbons (Fsp3) is 0.889. The minimum absolute atomic E-state index is 0.0382. The van der Waals surface area contributed by atoms with Gasteiger partial charge < -0.3 is 10.8 Å². The van der Waals surface area contributed by atoms with Crippen LogP contribution in [0.5, 0.6) is 0 Å². The van der Waals surface area contributed by atoms with Crippen molar-refractivity contribution in [1.82, 2.24) is 4.90 Å². The van der Waals surface area contributed by atoms with Crippen LogP contribution in [-0.2, 0) is 4.79 Å². The van der Waals surface area contributed by atoms with Gasteiger partial charge in [-0.05, 0) is 25.9 Å². The second kappa shape index (κ2) is 4.58. The maximum atomic E-state index is 10.7. The Balaban J connectivity index is 2.58. The van der Waals surface area contributed by atoms with Gasteiger partial charge in [-0.2, -0.15) is 0 Å². The Bertz CT molecular complexity index is 184. The van der Waals surface area contributed by atoms with Crippen LogP contribution >= 0.6 is 0 Å². The van der Waals surface area contributed by atoms with E-state index in [9.17, 15) is 4.79 Å². The molecule has 0 bridgehead atoms. The average molecular weight is 186 g/mol. The highest BCUT2D eigenvalue weighted by Crippen LogP contribution is 2.18. The molecule has 76 valence electrons. The van der Waals surface area contributed by atoms with Crippen molar-refractivity contribution in [3.8, 4) is 0 Å². The summed E-state index contributed by atoms with van der Waals surface area (Å²) in [5.41, 5.74) is 5.62. The number of hydrogen-bond donors (Lipinski definition) is 2. The van der Waals surface area contributed by atoms with Gasteiger partial charge in [0, 0.05) is 6.04 Å². The van der Waals surface area contributed by atoms with Crippen LogP contribution in [0.3, 0.4) is 0 Å². The van der Waals surface area contributed by atoms with E-state index >= 15 is 0 Å². The van der Waals surface area contributed by atoms with E-state index in [-0.39, 0.29) is 6.04 Å². The zero-order chi connectivity index (χ0) is 9.84. The molecule has 0 spiro atoms. The molecule has 3 N–H and O–H groups in total. The molecule has 4 heteroatoms. The zero-order valence-corrected chi connectivity index (χ0v) is 8.07. The van der Waals surface area contributed by atoms with Crippen molar-refractivity contribution in [1.29, 1.82) is 0 Å². The Morgan fingerprint density at radius 3 is 2.92 bits per heavy atom. The van der Waals surface area contributed by atoms with E-state index in [1.807, 2.05) is 6.92 Å². The van der Waals surface area contributed by atoms with Gasteiger partial charge in [-0.15, -0.1) is 0 Å². The zero-order valence-electron chi connectivity index (χ0n) is 8.07. The normalized spacial score (nSPS) is 27.1. The molecule has 2 atom stereocenters. The quantitative estimate of drug-likeness (QED) is 0.664. The fourth-order valence-corrected chi connectivity index (χ4v) is 1.98. The Hall–Kier alpha value is -0.610. The van der Waals surface area contributed by atoms with E-state index in [0.29, 0.717) is 0 Å². The predicted molar refractivity (Wildman–Crippen MR) is 50.5 cm³/mol. The number of aliphatic carboxylic acids is 1. The largest absolute Gasteiger partial charge is 0.480 e. The molecule has 0 aromatic carbocycles. The van der Waals surface area contributed by atoms with Crippen LogP contribution in [0.25, 0.3) is 0 Å². The number of nitrogens with two attached hydrogens (primary N) is 1. The number of rotatable bonds is 3. The molecule has 1 rings (SSSR count). The highest BCUT2D eigenvalue weighted by Gasteiger charge is 2.30. The van der Waals surface area contributed by atoms with Crippen molar-refractivity contribution < 1.29 is 9.90 Å². The van der Waals surface area contributed by atoms with Crippen LogP contribution < -0.4 is 5.73 Å². The summed E-state index contributed by atoms with van der Waals surface area (Å²) in [6.07, 6.45) is 3.18. The monoisotopic (exact) mass is 186 g/mol. The lowest BCUT2D eigenvalue weighted by atomic mass is 9.96. The van der Waals surface area contributed by atoms with E-state index in [2.05, 4.69) is 4.90 Å². The van der Waals surface area contributed by atoms with E-state index in [1.54, 1.807) is 0 Å². The summed E-state index contributed by atoms with van der Waals surface area (Å²) >= 11 is 0. The number of nitrogens with zero attached hydrogens (tertiary/aromatic N) is 1. The van der Waals surface area contributed by atoms with Crippen molar-refractivity contribution in [2.24, 2.45) is 5.73 Å². The third-order valence-corrected chi connectivity index (χ3v) is 2.77. The molecular weight excluding hydrogens is 168 g/mol. The number of carboxylic acid groups (broad SMARTS) is 1. The first kappa shape index (κ1) is 10.5.